The zero-order valence-electron chi connectivity index (χ0n) is 33.1. The number of carbonyl (C=O) groups excluding carboxylic acids is 1. The van der Waals surface area contributed by atoms with Crippen molar-refractivity contribution >= 4 is 5.97 Å². The number of carbonyl (C=O) groups is 1. The molecular formula is C48H70O4. The molecule has 1 heterocycles. The molecule has 4 heteroatoms. The highest BCUT2D eigenvalue weighted by Crippen LogP contribution is 2.52. The van der Waals surface area contributed by atoms with Gasteiger partial charge in [-0.15, -0.1) is 6.58 Å². The van der Waals surface area contributed by atoms with Crippen LogP contribution in [0.5, 0.6) is 0 Å². The lowest BCUT2D eigenvalue weighted by molar-refractivity contribution is -0.137. The van der Waals surface area contributed by atoms with Crippen LogP contribution in [0.4, 0.5) is 0 Å². The van der Waals surface area contributed by atoms with Crippen molar-refractivity contribution in [2.24, 2.45) is 22.7 Å². The van der Waals surface area contributed by atoms with Gasteiger partial charge in [0, 0.05) is 19.1 Å². The Morgan fingerprint density at radius 1 is 0.865 bits per heavy atom. The molecule has 2 aromatic carbocycles. The van der Waals surface area contributed by atoms with Crippen LogP contribution in [0.2, 0.25) is 0 Å². The Labute approximate surface area is 316 Å². The van der Waals surface area contributed by atoms with Gasteiger partial charge in [-0.25, -0.2) is 0 Å². The van der Waals surface area contributed by atoms with Crippen molar-refractivity contribution in [1.82, 2.24) is 0 Å². The third kappa shape index (κ3) is 10.2. The first-order chi connectivity index (χ1) is 25.2. The molecule has 2 saturated carbocycles. The van der Waals surface area contributed by atoms with E-state index < -0.39 is 0 Å². The van der Waals surface area contributed by atoms with Gasteiger partial charge in [-0.1, -0.05) is 81.5 Å². The van der Waals surface area contributed by atoms with Crippen LogP contribution in [0.3, 0.4) is 0 Å². The summed E-state index contributed by atoms with van der Waals surface area (Å²) in [4.78, 5) is 11.6. The van der Waals surface area contributed by atoms with E-state index in [1.807, 2.05) is 13.2 Å². The Bertz CT molecular complexity index is 1480. The van der Waals surface area contributed by atoms with E-state index in [-0.39, 0.29) is 16.8 Å². The molecule has 1 saturated heterocycles. The summed E-state index contributed by atoms with van der Waals surface area (Å²) in [7, 11) is 1.81. The zero-order chi connectivity index (χ0) is 36.6. The Morgan fingerprint density at radius 3 is 2.04 bits per heavy atom. The number of cyclic esters (lactones) is 1. The maximum absolute atomic E-state index is 11.6. The van der Waals surface area contributed by atoms with Crippen molar-refractivity contribution < 1.29 is 19.4 Å². The van der Waals surface area contributed by atoms with Gasteiger partial charge in [0.2, 0.25) is 0 Å². The van der Waals surface area contributed by atoms with Crippen LogP contribution in [0.15, 0.2) is 49.1 Å². The smallest absolute Gasteiger partial charge is 0.306 e. The molecule has 0 aromatic heterocycles. The molecular weight excluding hydrogens is 641 g/mol. The number of allylic oxidation sites excluding steroid dienone is 1. The number of aliphatic hydroxyl groups excluding tert-OH is 1. The Balaban J connectivity index is 0.000000179. The van der Waals surface area contributed by atoms with E-state index in [0.717, 1.165) is 43.9 Å². The van der Waals surface area contributed by atoms with Crippen molar-refractivity contribution in [2.45, 2.75) is 167 Å². The zero-order valence-corrected chi connectivity index (χ0v) is 33.1. The van der Waals surface area contributed by atoms with Crippen LogP contribution in [-0.2, 0) is 40.0 Å². The number of unbranched alkanes of at least 4 members (excludes halogenated alkanes) is 3. The predicted octanol–water partition coefficient (Wildman–Crippen LogP) is 11.4. The van der Waals surface area contributed by atoms with E-state index in [1.165, 1.54) is 107 Å². The van der Waals surface area contributed by atoms with E-state index in [2.05, 4.69) is 56.8 Å². The molecule has 4 nitrogen and oxygen atoms in total. The number of benzene rings is 2. The molecule has 1 unspecified atom stereocenters. The number of rotatable bonds is 14. The summed E-state index contributed by atoms with van der Waals surface area (Å²) in [6.45, 7) is 9.21. The van der Waals surface area contributed by atoms with E-state index >= 15 is 0 Å². The summed E-state index contributed by atoms with van der Waals surface area (Å²) < 4.78 is 10.6. The van der Waals surface area contributed by atoms with E-state index in [9.17, 15) is 9.90 Å². The predicted molar refractivity (Wildman–Crippen MR) is 214 cm³/mol. The van der Waals surface area contributed by atoms with Crippen LogP contribution in [0.25, 0.3) is 0 Å². The molecule has 4 aliphatic carbocycles. The molecule has 3 fully saturated rings. The molecule has 7 atom stereocenters. The summed E-state index contributed by atoms with van der Waals surface area (Å²) in [5.74, 6) is 3.02. The summed E-state index contributed by atoms with van der Waals surface area (Å²) >= 11 is 0. The summed E-state index contributed by atoms with van der Waals surface area (Å²) in [6, 6.07) is 14.6. The fourth-order valence-corrected chi connectivity index (χ4v) is 10.6. The molecule has 52 heavy (non-hydrogen) atoms. The molecule has 0 radical (unpaired) electrons. The highest BCUT2D eigenvalue weighted by molar-refractivity contribution is 5.72. The lowest BCUT2D eigenvalue weighted by Gasteiger charge is -2.26. The normalized spacial score (nSPS) is 30.0. The van der Waals surface area contributed by atoms with Crippen molar-refractivity contribution in [2.75, 3.05) is 20.3 Å². The minimum atomic E-state index is 0.00947. The quantitative estimate of drug-likeness (QED) is 0.120. The van der Waals surface area contributed by atoms with Gasteiger partial charge in [-0.2, -0.15) is 0 Å². The Kier molecular flexibility index (Phi) is 13.8. The molecule has 0 amide bonds. The second-order valence-corrected chi connectivity index (χ2v) is 18.4. The van der Waals surface area contributed by atoms with Crippen molar-refractivity contribution in [1.29, 1.82) is 0 Å². The summed E-state index contributed by atoms with van der Waals surface area (Å²) in [5.41, 5.74) is 9.69. The number of methoxy groups -OCH3 is 1. The van der Waals surface area contributed by atoms with Crippen LogP contribution < -0.4 is 0 Å². The van der Waals surface area contributed by atoms with Gasteiger partial charge in [0.05, 0.1) is 19.1 Å². The van der Waals surface area contributed by atoms with E-state index in [1.54, 1.807) is 22.3 Å². The van der Waals surface area contributed by atoms with Crippen molar-refractivity contribution in [3.8, 4) is 0 Å². The van der Waals surface area contributed by atoms with Crippen LogP contribution in [0, 0.1) is 22.7 Å². The Hall–Kier alpha value is -2.43. The number of fused-ring (bicyclic) bond motifs is 2. The standard InChI is InChI=1S/C24H32O2.C24H38O2/c1-2-3-4-5-6-18-7-8-20-14-21(10-9-19(20)13-18)22-11-12-24(15-22)16-23(25)26-17-24;1-18(26-3)6-4-5-7-19-8-9-21-15-22(11-10-20(21)14-19)23-12-13-24(2,16-23)17-25/h2,9-10,14,18,22H,1,3-8,11-13,15-17H2;10-11,15,18-19,23,25H,4-9,12-14,16-17H2,1-3H3/t18-,22-,24-;18?,19-,23-,24-/m00/s1. The molecule has 1 spiro atoms. The van der Waals surface area contributed by atoms with E-state index in [4.69, 9.17) is 9.47 Å². The van der Waals surface area contributed by atoms with E-state index in [0.29, 0.717) is 37.6 Å². The van der Waals surface area contributed by atoms with Crippen LogP contribution in [0.1, 0.15) is 168 Å². The maximum atomic E-state index is 11.6. The second kappa shape index (κ2) is 18.3. The highest BCUT2D eigenvalue weighted by Gasteiger charge is 2.46. The molecule has 2 aromatic rings. The first-order valence-corrected chi connectivity index (χ1v) is 21.3. The van der Waals surface area contributed by atoms with Gasteiger partial charge in [-0.05, 0) is 166 Å². The Morgan fingerprint density at radius 2 is 1.48 bits per heavy atom. The van der Waals surface area contributed by atoms with Crippen LogP contribution in [-0.4, -0.2) is 37.5 Å². The van der Waals surface area contributed by atoms with Gasteiger partial charge >= 0.3 is 5.97 Å². The molecule has 0 bridgehead atoms. The summed E-state index contributed by atoms with van der Waals surface area (Å²) in [6.07, 6.45) is 28.2. The fraction of sp³-hybridized carbons (Fsp3) is 0.688. The maximum Gasteiger partial charge on any atom is 0.306 e. The number of hydrogen-bond acceptors (Lipinski definition) is 4. The summed E-state index contributed by atoms with van der Waals surface area (Å²) in [5, 5.41) is 9.64. The lowest BCUT2D eigenvalue weighted by Crippen LogP contribution is -2.17. The average Bonchev–Trinajstić information content (AvgIpc) is 3.89. The third-order valence-corrected chi connectivity index (χ3v) is 14.2. The first-order valence-electron chi connectivity index (χ1n) is 21.3. The van der Waals surface area contributed by atoms with Gasteiger partial charge in [0.25, 0.3) is 0 Å². The SMILES string of the molecule is C=CCCCC[C@H]1CCc2cc([C@H]3CC[C@]4(COC(=O)C4)C3)ccc2C1.COC(C)CCCC[C@H]1CCc2cc([C@H]3CC[C@](C)(CO)C3)ccc2C1. The van der Waals surface area contributed by atoms with Crippen molar-refractivity contribution in [3.05, 3.63) is 82.4 Å². The number of aliphatic hydroxyl groups is 1. The molecule has 1 aliphatic heterocycles. The number of esters is 1. The molecule has 1 N–H and O–H groups in total. The topological polar surface area (TPSA) is 55.8 Å². The minimum absolute atomic E-state index is 0.00947. The third-order valence-electron chi connectivity index (χ3n) is 14.2. The largest absolute Gasteiger partial charge is 0.465 e. The minimum Gasteiger partial charge on any atom is -0.465 e. The fourth-order valence-electron chi connectivity index (χ4n) is 10.6. The molecule has 7 rings (SSSR count). The first kappa shape index (κ1) is 39.3. The lowest BCUT2D eigenvalue weighted by atomic mass is 9.79. The van der Waals surface area contributed by atoms with Gasteiger partial charge in [0.1, 0.15) is 0 Å². The number of aryl methyl sites for hydroxylation is 2. The monoisotopic (exact) mass is 711 g/mol. The number of hydrogen-bond donors (Lipinski definition) is 1. The van der Waals surface area contributed by atoms with Gasteiger partial charge in [0.15, 0.2) is 0 Å². The van der Waals surface area contributed by atoms with Crippen LogP contribution >= 0.6 is 0 Å². The van der Waals surface area contributed by atoms with Crippen molar-refractivity contribution in [3.63, 3.8) is 0 Å². The highest BCUT2D eigenvalue weighted by atomic mass is 16.5. The second-order valence-electron chi connectivity index (χ2n) is 18.4. The molecule has 286 valence electrons. The van der Waals surface area contributed by atoms with Gasteiger partial charge in [-0.3, -0.25) is 4.79 Å². The average molecular weight is 711 g/mol. The van der Waals surface area contributed by atoms with Gasteiger partial charge < -0.3 is 14.6 Å². The number of ether oxygens (including phenoxy) is 2. The molecule has 5 aliphatic rings.